The van der Waals surface area contributed by atoms with Crippen molar-refractivity contribution in [3.05, 3.63) is 64.0 Å². The van der Waals surface area contributed by atoms with Crippen molar-refractivity contribution in [1.29, 1.82) is 0 Å². The summed E-state index contributed by atoms with van der Waals surface area (Å²) in [6.07, 6.45) is -0.0274. The normalized spacial score (nSPS) is 23.0. The average Bonchev–Trinajstić information content (AvgIpc) is 3.52. The van der Waals surface area contributed by atoms with Crippen LogP contribution in [0.4, 0.5) is 13.2 Å². The second kappa shape index (κ2) is 10.4. The van der Waals surface area contributed by atoms with Crippen molar-refractivity contribution in [3.63, 3.8) is 0 Å². The fourth-order valence-electron chi connectivity index (χ4n) is 5.24. The second-order valence-electron chi connectivity index (χ2n) is 9.76. The number of aryl methyl sites for hydroxylation is 2. The lowest BCUT2D eigenvalue weighted by atomic mass is 9.88. The van der Waals surface area contributed by atoms with Crippen LogP contribution in [0.3, 0.4) is 0 Å². The Morgan fingerprint density at radius 1 is 1.16 bits per heavy atom. The third-order valence-corrected chi connectivity index (χ3v) is 9.59. The van der Waals surface area contributed by atoms with Crippen molar-refractivity contribution in [2.45, 2.75) is 63.0 Å². The lowest BCUT2D eigenvalue weighted by molar-refractivity contribution is -0.142. The Morgan fingerprint density at radius 3 is 2.65 bits per heavy atom. The predicted molar refractivity (Wildman–Crippen MR) is 137 cm³/mol. The van der Waals surface area contributed by atoms with E-state index >= 15 is 0 Å². The van der Waals surface area contributed by atoms with E-state index in [9.17, 15) is 22.8 Å². The Bertz CT molecular complexity index is 1250. The van der Waals surface area contributed by atoms with Crippen LogP contribution in [0.15, 0.2) is 46.4 Å². The highest BCUT2D eigenvalue weighted by molar-refractivity contribution is 8.31. The highest BCUT2D eigenvalue weighted by Gasteiger charge is 2.35. The van der Waals surface area contributed by atoms with Gasteiger partial charge in [-0.25, -0.2) is 4.99 Å². The molecule has 1 unspecified atom stereocenters. The highest BCUT2D eigenvalue weighted by atomic mass is 32.2. The molecule has 5 rings (SSSR count). The van der Waals surface area contributed by atoms with Gasteiger partial charge in [-0.3, -0.25) is 14.3 Å². The van der Waals surface area contributed by atoms with E-state index in [2.05, 4.69) is 27.5 Å². The molecule has 0 spiro atoms. The van der Waals surface area contributed by atoms with Crippen LogP contribution in [0.2, 0.25) is 0 Å². The molecular weight excluding hydrogens is 503 g/mol. The van der Waals surface area contributed by atoms with E-state index in [1.165, 1.54) is 18.1 Å². The molecule has 1 aromatic carbocycles. The topological polar surface area (TPSA) is 79.6 Å². The number of benzene rings is 1. The summed E-state index contributed by atoms with van der Waals surface area (Å²) in [5, 5.41) is 9.01. The Hall–Kier alpha value is -3.08. The summed E-state index contributed by atoms with van der Waals surface area (Å²) in [5.41, 5.74) is 4.13. The van der Waals surface area contributed by atoms with Crippen molar-refractivity contribution >= 4 is 28.3 Å². The van der Waals surface area contributed by atoms with Gasteiger partial charge in [0, 0.05) is 24.3 Å². The lowest BCUT2D eigenvalue weighted by Crippen LogP contribution is -2.41. The number of aromatic nitrogens is 2. The van der Waals surface area contributed by atoms with Crippen LogP contribution in [0.25, 0.3) is 0 Å². The van der Waals surface area contributed by atoms with E-state index in [1.807, 2.05) is 23.1 Å². The zero-order valence-electron chi connectivity index (χ0n) is 20.5. The molecule has 1 N–H and O–H groups in total. The summed E-state index contributed by atoms with van der Waals surface area (Å²) in [6.45, 7) is 2.35. The third-order valence-electron chi connectivity index (χ3n) is 7.30. The number of fused-ring (bicyclic) bond motifs is 1. The van der Waals surface area contributed by atoms with Crippen LogP contribution in [0, 0.1) is 6.92 Å². The number of hydrogen-bond donors (Lipinski definition) is 2. The number of likely N-dealkylation sites (tertiary alicyclic amines) is 1. The fourth-order valence-corrected chi connectivity index (χ4v) is 7.26. The van der Waals surface area contributed by atoms with Crippen LogP contribution in [-0.4, -0.2) is 50.4 Å². The Labute approximate surface area is 216 Å². The molecule has 2 amide bonds. The molecule has 1 saturated heterocycles. The van der Waals surface area contributed by atoms with Crippen LogP contribution in [-0.2, 0) is 28.7 Å². The summed E-state index contributed by atoms with van der Waals surface area (Å²) < 4.78 is 39.8. The molecule has 1 aromatic heterocycles. The number of alkyl halides is 3. The van der Waals surface area contributed by atoms with Gasteiger partial charge in [0.15, 0.2) is 5.69 Å². The van der Waals surface area contributed by atoms with Crippen molar-refractivity contribution in [1.82, 2.24) is 20.0 Å². The minimum atomic E-state index is -4.54. The van der Waals surface area contributed by atoms with Gasteiger partial charge in [-0.1, -0.05) is 24.3 Å². The minimum Gasteiger partial charge on any atom is -0.344 e. The Kier molecular flexibility index (Phi) is 7.15. The van der Waals surface area contributed by atoms with Crippen molar-refractivity contribution < 1.29 is 22.8 Å². The van der Waals surface area contributed by atoms with Gasteiger partial charge in [-0.2, -0.15) is 29.2 Å². The maximum Gasteiger partial charge on any atom is 0.435 e. The lowest BCUT2D eigenvalue weighted by Gasteiger charge is -2.34. The van der Waals surface area contributed by atoms with E-state index in [1.54, 1.807) is 4.90 Å². The number of carbonyl (C=O) groups is 2. The first kappa shape index (κ1) is 25.6. The summed E-state index contributed by atoms with van der Waals surface area (Å²) in [4.78, 5) is 31.8. The number of carbonyl (C=O) groups excluding carboxylic acids is 2. The number of halogens is 3. The van der Waals surface area contributed by atoms with Crippen LogP contribution >= 0.6 is 10.9 Å². The molecule has 2 aliphatic heterocycles. The standard InChI is InChI=1S/C26H30F3N5O2S/c1-17-13-23(26(27,28)29)32-34(17)14-24(35)33-11-9-19(10-12-33)37-15-22(30-16-37)25(36)31-21-8-4-6-18-5-2-3-7-20(18)21/h2-3,5,7,13,15-16,19,21,37H,4,6,8-12,14H2,1H3,(H,31,36)/t21-/m1/s1. The van der Waals surface area contributed by atoms with E-state index in [-0.39, 0.29) is 24.4 Å². The smallest absolute Gasteiger partial charge is 0.344 e. The largest absolute Gasteiger partial charge is 0.435 e. The monoisotopic (exact) mass is 533 g/mol. The van der Waals surface area contributed by atoms with Crippen LogP contribution in [0.5, 0.6) is 0 Å². The van der Waals surface area contributed by atoms with Crippen LogP contribution < -0.4 is 5.32 Å². The first-order valence-corrected chi connectivity index (χ1v) is 14.1. The van der Waals surface area contributed by atoms with E-state index in [0.717, 1.165) is 42.9 Å². The summed E-state index contributed by atoms with van der Waals surface area (Å²) >= 11 is 0. The molecule has 1 fully saturated rings. The van der Waals surface area contributed by atoms with Crippen LogP contribution in [0.1, 0.15) is 54.2 Å². The number of thiol groups is 1. The second-order valence-corrected chi connectivity index (χ2v) is 11.9. The number of amides is 2. The molecule has 2 aromatic rings. The van der Waals surface area contributed by atoms with E-state index in [4.69, 9.17) is 0 Å². The maximum absolute atomic E-state index is 12.9. The molecule has 0 radical (unpaired) electrons. The van der Waals surface area contributed by atoms with Gasteiger partial charge in [-0.05, 0) is 66.9 Å². The molecule has 2 atom stereocenters. The van der Waals surface area contributed by atoms with Gasteiger partial charge in [0.05, 0.1) is 6.04 Å². The Morgan fingerprint density at radius 2 is 1.92 bits per heavy atom. The van der Waals surface area contributed by atoms with Gasteiger partial charge < -0.3 is 10.2 Å². The molecule has 37 heavy (non-hydrogen) atoms. The molecule has 7 nitrogen and oxygen atoms in total. The number of hydrogen-bond acceptors (Lipinski definition) is 4. The molecule has 1 aliphatic carbocycles. The van der Waals surface area contributed by atoms with Crippen molar-refractivity contribution in [3.8, 4) is 0 Å². The third kappa shape index (κ3) is 5.61. The zero-order valence-corrected chi connectivity index (χ0v) is 21.4. The highest BCUT2D eigenvalue weighted by Crippen LogP contribution is 2.41. The average molecular weight is 534 g/mol. The van der Waals surface area contributed by atoms with Gasteiger partial charge in [0.25, 0.3) is 5.91 Å². The van der Waals surface area contributed by atoms with Gasteiger partial charge >= 0.3 is 6.18 Å². The first-order valence-electron chi connectivity index (χ1n) is 12.5. The summed E-state index contributed by atoms with van der Waals surface area (Å²) in [7, 11) is -0.707. The van der Waals surface area contributed by atoms with Gasteiger partial charge in [0.2, 0.25) is 5.91 Å². The van der Waals surface area contributed by atoms with Gasteiger partial charge in [-0.15, -0.1) is 0 Å². The molecule has 11 heteroatoms. The predicted octanol–water partition coefficient (Wildman–Crippen LogP) is 4.28. The SMILES string of the molecule is Cc1cc(C(F)(F)F)nn1CC(=O)N1CCC([SH]2C=NC(C(=O)N[C@@H]3CCCc4ccccc43)=C2)CC1. The minimum absolute atomic E-state index is 0.000244. The van der Waals surface area contributed by atoms with E-state index in [0.29, 0.717) is 29.7 Å². The number of piperidine rings is 1. The number of rotatable bonds is 5. The molecule has 198 valence electrons. The number of nitrogens with zero attached hydrogens (tertiary/aromatic N) is 4. The Balaban J connectivity index is 1.14. The molecular formula is C26H30F3N5O2S. The molecule has 0 bridgehead atoms. The first-order chi connectivity index (χ1) is 17.7. The number of aliphatic imine (C=N–C) groups is 1. The molecule has 0 saturated carbocycles. The summed E-state index contributed by atoms with van der Waals surface area (Å²) in [5.74, 6) is -0.391. The van der Waals surface area contributed by atoms with Crippen molar-refractivity contribution in [2.24, 2.45) is 4.99 Å². The quantitative estimate of drug-likeness (QED) is 0.564. The van der Waals surface area contributed by atoms with Crippen molar-refractivity contribution in [2.75, 3.05) is 13.1 Å². The van der Waals surface area contributed by atoms with E-state index < -0.39 is 22.8 Å². The van der Waals surface area contributed by atoms with Gasteiger partial charge in [0.1, 0.15) is 12.2 Å². The maximum atomic E-state index is 12.9. The summed E-state index contributed by atoms with van der Waals surface area (Å²) in [6, 6.07) is 9.18. The molecule has 3 aliphatic rings. The fraction of sp³-hybridized carbons (Fsp3) is 0.462. The molecule has 3 heterocycles. The zero-order chi connectivity index (χ0) is 26.2. The number of nitrogens with one attached hydrogen (secondary N) is 1.